The van der Waals surface area contributed by atoms with Crippen LogP contribution in [0.4, 0.5) is 8.78 Å². The van der Waals surface area contributed by atoms with Crippen LogP contribution in [0.1, 0.15) is 59.9 Å². The van der Waals surface area contributed by atoms with Gasteiger partial charge in [-0.25, -0.2) is 18.3 Å². The van der Waals surface area contributed by atoms with Crippen LogP contribution in [0.3, 0.4) is 0 Å². The summed E-state index contributed by atoms with van der Waals surface area (Å²) in [5.41, 5.74) is 0.764. The molecule has 0 N–H and O–H groups in total. The summed E-state index contributed by atoms with van der Waals surface area (Å²) in [7, 11) is 0. The summed E-state index contributed by atoms with van der Waals surface area (Å²) >= 11 is 0. The van der Waals surface area contributed by atoms with Crippen LogP contribution in [0.25, 0.3) is 16.6 Å². The largest absolute Gasteiger partial charge is 0.331 e. The highest BCUT2D eigenvalue weighted by molar-refractivity contribution is 6.05. The van der Waals surface area contributed by atoms with Crippen LogP contribution in [-0.2, 0) is 0 Å². The van der Waals surface area contributed by atoms with Gasteiger partial charge >= 0.3 is 0 Å². The lowest BCUT2D eigenvalue weighted by Gasteiger charge is -2.40. The van der Waals surface area contributed by atoms with E-state index < -0.39 is 6.43 Å². The molecule has 2 fully saturated rings. The zero-order chi connectivity index (χ0) is 21.8. The van der Waals surface area contributed by atoms with Crippen molar-refractivity contribution in [2.75, 3.05) is 0 Å². The van der Waals surface area contributed by atoms with E-state index in [0.717, 1.165) is 36.5 Å². The fourth-order valence-electron chi connectivity index (χ4n) is 5.46. The van der Waals surface area contributed by atoms with E-state index in [2.05, 4.69) is 20.1 Å². The van der Waals surface area contributed by atoms with Gasteiger partial charge in [0.25, 0.3) is 18.1 Å². The Balaban J connectivity index is 1.43. The van der Waals surface area contributed by atoms with Gasteiger partial charge in [0.05, 0.1) is 5.69 Å². The first-order valence-corrected chi connectivity index (χ1v) is 10.8. The standard InChI is InChI=1S/C23H20F2N6O/c24-21(25)17-11-19(31-23(29-17)27-12-28-31)16-7-5-14-6-8-18(16)30(14)22(32)20-15-4-2-1-3-13(15)9-10-26-20/h1-4,9-12,14,16,18,21H,5-8H2/t14-,16-,18-/m0/s1. The predicted octanol–water partition coefficient (Wildman–Crippen LogP) is 4.16. The van der Waals surface area contributed by atoms with Gasteiger partial charge in [0.15, 0.2) is 0 Å². The maximum absolute atomic E-state index is 13.7. The van der Waals surface area contributed by atoms with E-state index in [1.54, 1.807) is 6.20 Å². The Morgan fingerprint density at radius 2 is 1.91 bits per heavy atom. The van der Waals surface area contributed by atoms with Crippen LogP contribution in [-0.4, -0.2) is 47.5 Å². The molecule has 162 valence electrons. The molecule has 1 aromatic carbocycles. The third-order valence-corrected chi connectivity index (χ3v) is 6.84. The summed E-state index contributed by atoms with van der Waals surface area (Å²) in [4.78, 5) is 28.1. The molecule has 7 nitrogen and oxygen atoms in total. The number of fused-ring (bicyclic) bond motifs is 4. The van der Waals surface area contributed by atoms with Crippen molar-refractivity contribution in [2.45, 2.75) is 50.1 Å². The number of carbonyl (C=O) groups excluding carboxylic acids is 1. The maximum atomic E-state index is 13.7. The van der Waals surface area contributed by atoms with Crippen molar-refractivity contribution in [3.8, 4) is 0 Å². The van der Waals surface area contributed by atoms with Gasteiger partial charge in [-0.1, -0.05) is 24.3 Å². The lowest BCUT2D eigenvalue weighted by Crippen LogP contribution is -2.48. The van der Waals surface area contributed by atoms with Gasteiger partial charge in [-0.2, -0.15) is 10.1 Å². The van der Waals surface area contributed by atoms with Gasteiger partial charge < -0.3 is 4.90 Å². The zero-order valence-corrected chi connectivity index (χ0v) is 17.1. The molecule has 1 amide bonds. The third kappa shape index (κ3) is 2.87. The molecule has 5 heterocycles. The second-order valence-corrected chi connectivity index (χ2v) is 8.45. The fourth-order valence-corrected chi connectivity index (χ4v) is 5.46. The quantitative estimate of drug-likeness (QED) is 0.484. The zero-order valence-electron chi connectivity index (χ0n) is 17.1. The lowest BCUT2D eigenvalue weighted by atomic mass is 9.86. The SMILES string of the molecule is O=C(c1nccc2ccccc12)N1[C@H]2CC[C@H](c3cc(C(F)F)nc4ncnn34)[C@@H]1CC2. The number of hydrogen-bond donors (Lipinski definition) is 0. The normalized spacial score (nSPS) is 22.8. The molecule has 6 rings (SSSR count). The maximum Gasteiger partial charge on any atom is 0.280 e. The van der Waals surface area contributed by atoms with Crippen molar-refractivity contribution in [1.82, 2.24) is 29.5 Å². The molecule has 0 unspecified atom stereocenters. The average molecular weight is 434 g/mol. The second kappa shape index (κ2) is 7.29. The Morgan fingerprint density at radius 3 is 2.78 bits per heavy atom. The Labute approximate surface area is 182 Å². The molecule has 2 bridgehead atoms. The van der Waals surface area contributed by atoms with Gasteiger partial charge in [-0.05, 0) is 43.2 Å². The minimum atomic E-state index is -2.70. The molecule has 2 aliphatic rings. The van der Waals surface area contributed by atoms with E-state index in [0.29, 0.717) is 11.4 Å². The highest BCUT2D eigenvalue weighted by Gasteiger charge is 2.47. The number of carbonyl (C=O) groups is 1. The summed E-state index contributed by atoms with van der Waals surface area (Å²) in [5, 5.41) is 6.02. The highest BCUT2D eigenvalue weighted by Crippen LogP contribution is 2.45. The molecule has 0 aliphatic carbocycles. The fraction of sp³-hybridized carbons (Fsp3) is 0.348. The second-order valence-electron chi connectivity index (χ2n) is 8.45. The third-order valence-electron chi connectivity index (χ3n) is 6.84. The molecule has 0 saturated carbocycles. The molecule has 32 heavy (non-hydrogen) atoms. The molecule has 3 aromatic heterocycles. The molecule has 0 radical (unpaired) electrons. The number of benzene rings is 1. The first-order valence-electron chi connectivity index (χ1n) is 10.8. The first kappa shape index (κ1) is 19.2. The average Bonchev–Trinajstić information content (AvgIpc) is 3.41. The number of hydrogen-bond acceptors (Lipinski definition) is 5. The minimum absolute atomic E-state index is 0.100. The van der Waals surface area contributed by atoms with E-state index >= 15 is 0 Å². The van der Waals surface area contributed by atoms with E-state index in [9.17, 15) is 13.6 Å². The monoisotopic (exact) mass is 434 g/mol. The minimum Gasteiger partial charge on any atom is -0.331 e. The Hall–Kier alpha value is -3.49. The predicted molar refractivity (Wildman–Crippen MR) is 112 cm³/mol. The van der Waals surface area contributed by atoms with Crippen LogP contribution in [0, 0.1) is 0 Å². The van der Waals surface area contributed by atoms with E-state index in [4.69, 9.17) is 0 Å². The molecule has 3 atom stereocenters. The van der Waals surface area contributed by atoms with Gasteiger partial charge in [0, 0.05) is 29.6 Å². The Bertz CT molecular complexity index is 1330. The van der Waals surface area contributed by atoms with Crippen LogP contribution < -0.4 is 0 Å². The summed E-state index contributed by atoms with van der Waals surface area (Å²) in [6.07, 6.45) is 3.59. The molecule has 2 aliphatic heterocycles. The summed E-state index contributed by atoms with van der Waals surface area (Å²) in [6.45, 7) is 0. The van der Waals surface area contributed by atoms with Gasteiger partial charge in [0.1, 0.15) is 17.7 Å². The number of aromatic nitrogens is 5. The van der Waals surface area contributed by atoms with Crippen molar-refractivity contribution in [3.63, 3.8) is 0 Å². The topological polar surface area (TPSA) is 76.3 Å². The number of nitrogens with zero attached hydrogens (tertiary/aromatic N) is 6. The molecule has 9 heteroatoms. The molecular formula is C23H20F2N6O. The highest BCUT2D eigenvalue weighted by atomic mass is 19.3. The smallest absolute Gasteiger partial charge is 0.280 e. The van der Waals surface area contributed by atoms with Gasteiger partial charge in [-0.3, -0.25) is 9.78 Å². The van der Waals surface area contributed by atoms with Gasteiger partial charge in [-0.15, -0.1) is 0 Å². The summed E-state index contributed by atoms with van der Waals surface area (Å²) in [6, 6.07) is 11.1. The number of piperidine rings is 1. The van der Waals surface area contributed by atoms with Crippen molar-refractivity contribution in [3.05, 3.63) is 66.0 Å². The number of amides is 1. The number of halogens is 2. The summed E-state index contributed by atoms with van der Waals surface area (Å²) < 4.78 is 28.6. The lowest BCUT2D eigenvalue weighted by molar-refractivity contribution is 0.0550. The van der Waals surface area contributed by atoms with Crippen molar-refractivity contribution in [1.29, 1.82) is 0 Å². The molecule has 4 aromatic rings. The summed E-state index contributed by atoms with van der Waals surface area (Å²) in [5.74, 6) is -0.0686. The molecular weight excluding hydrogens is 414 g/mol. The van der Waals surface area contributed by atoms with Crippen molar-refractivity contribution < 1.29 is 13.6 Å². The van der Waals surface area contributed by atoms with Crippen LogP contribution in [0.15, 0.2) is 48.9 Å². The van der Waals surface area contributed by atoms with Crippen molar-refractivity contribution in [2.24, 2.45) is 0 Å². The molecule has 0 spiro atoms. The number of rotatable bonds is 3. The number of alkyl halides is 2. The van der Waals surface area contributed by atoms with Crippen LogP contribution in [0.5, 0.6) is 0 Å². The molecule has 2 saturated heterocycles. The number of pyridine rings is 1. The van der Waals surface area contributed by atoms with E-state index in [1.807, 2.05) is 35.2 Å². The van der Waals surface area contributed by atoms with E-state index in [1.165, 1.54) is 16.9 Å². The van der Waals surface area contributed by atoms with Crippen LogP contribution >= 0.6 is 0 Å². The Morgan fingerprint density at radius 1 is 1.06 bits per heavy atom. The van der Waals surface area contributed by atoms with Crippen LogP contribution in [0.2, 0.25) is 0 Å². The first-order chi connectivity index (χ1) is 15.6. The van der Waals surface area contributed by atoms with E-state index in [-0.39, 0.29) is 35.4 Å². The van der Waals surface area contributed by atoms with Crippen molar-refractivity contribution >= 4 is 22.5 Å². The Kier molecular flexibility index (Phi) is 4.38. The van der Waals surface area contributed by atoms with Gasteiger partial charge in [0.2, 0.25) is 0 Å².